The molecule has 0 spiro atoms. The van der Waals surface area contributed by atoms with Gasteiger partial charge in [0.2, 0.25) is 0 Å². The van der Waals surface area contributed by atoms with Crippen LogP contribution in [0.25, 0.3) is 0 Å². The number of hydrogen-bond acceptors (Lipinski definition) is 3. The van der Waals surface area contributed by atoms with Crippen LogP contribution in [-0.2, 0) is 4.79 Å². The number of anilines is 1. The van der Waals surface area contributed by atoms with E-state index in [1.807, 2.05) is 37.3 Å². The summed E-state index contributed by atoms with van der Waals surface area (Å²) >= 11 is 0. The summed E-state index contributed by atoms with van der Waals surface area (Å²) < 4.78 is 5.76. The van der Waals surface area contributed by atoms with Gasteiger partial charge in [-0.15, -0.1) is 0 Å². The zero-order valence-electron chi connectivity index (χ0n) is 15.3. The highest BCUT2D eigenvalue weighted by molar-refractivity contribution is 6.04. The highest BCUT2D eigenvalue weighted by atomic mass is 16.5. The Morgan fingerprint density at radius 2 is 1.69 bits per heavy atom. The van der Waals surface area contributed by atoms with Gasteiger partial charge in [0.15, 0.2) is 6.10 Å². The first-order valence-corrected chi connectivity index (χ1v) is 9.05. The maximum atomic E-state index is 12.6. The van der Waals surface area contributed by atoms with Gasteiger partial charge in [-0.3, -0.25) is 9.59 Å². The molecule has 2 rings (SSSR count). The molecule has 0 aliphatic carbocycles. The van der Waals surface area contributed by atoms with Gasteiger partial charge < -0.3 is 15.4 Å². The second-order valence-electron chi connectivity index (χ2n) is 5.97. The number of carbonyl (C=O) groups excluding carboxylic acids is 2. The van der Waals surface area contributed by atoms with Crippen LogP contribution in [-0.4, -0.2) is 24.5 Å². The summed E-state index contributed by atoms with van der Waals surface area (Å²) in [7, 11) is 0. The molecule has 2 N–H and O–H groups in total. The van der Waals surface area contributed by atoms with Crippen molar-refractivity contribution in [3.8, 4) is 5.75 Å². The molecule has 2 amide bonds. The molecule has 0 saturated heterocycles. The molecule has 2 aromatic rings. The molecule has 0 aliphatic heterocycles. The van der Waals surface area contributed by atoms with E-state index in [2.05, 4.69) is 17.6 Å². The lowest BCUT2D eigenvalue weighted by Gasteiger charge is -2.18. The number of amides is 2. The molecule has 0 fully saturated rings. The van der Waals surface area contributed by atoms with Crippen molar-refractivity contribution in [1.82, 2.24) is 5.32 Å². The topological polar surface area (TPSA) is 67.4 Å². The molecule has 0 unspecified atom stereocenters. The predicted molar refractivity (Wildman–Crippen MR) is 103 cm³/mol. The van der Waals surface area contributed by atoms with Crippen LogP contribution < -0.4 is 15.4 Å². The average molecular weight is 354 g/mol. The van der Waals surface area contributed by atoms with Crippen LogP contribution in [0.3, 0.4) is 0 Å². The van der Waals surface area contributed by atoms with Gasteiger partial charge in [-0.1, -0.05) is 50.6 Å². The molecule has 0 aromatic heterocycles. The number of ether oxygens (including phenoxy) is 1. The van der Waals surface area contributed by atoms with Crippen molar-refractivity contribution in [2.75, 3.05) is 11.9 Å². The number of carbonyl (C=O) groups is 2. The molecular weight excluding hydrogens is 328 g/mol. The minimum absolute atomic E-state index is 0.189. The quantitative estimate of drug-likeness (QED) is 0.669. The first-order valence-electron chi connectivity index (χ1n) is 9.05. The Kier molecular flexibility index (Phi) is 7.68. The second kappa shape index (κ2) is 10.2. The summed E-state index contributed by atoms with van der Waals surface area (Å²) in [4.78, 5) is 25.0. The first kappa shape index (κ1) is 19.5. The lowest BCUT2D eigenvalue weighted by Crippen LogP contribution is -2.33. The fraction of sp³-hybridized carbons (Fsp3) is 0.333. The minimum Gasteiger partial charge on any atom is -0.481 e. The zero-order chi connectivity index (χ0) is 18.8. The molecular formula is C21H26N2O3. The van der Waals surface area contributed by atoms with Crippen LogP contribution in [0.15, 0.2) is 54.6 Å². The van der Waals surface area contributed by atoms with Crippen LogP contribution in [0.2, 0.25) is 0 Å². The Balaban J connectivity index is 2.06. The molecule has 26 heavy (non-hydrogen) atoms. The first-order chi connectivity index (χ1) is 12.7. The average Bonchev–Trinajstić information content (AvgIpc) is 2.67. The van der Waals surface area contributed by atoms with Crippen molar-refractivity contribution in [3.63, 3.8) is 0 Å². The van der Waals surface area contributed by atoms with Gasteiger partial charge in [0.25, 0.3) is 11.8 Å². The van der Waals surface area contributed by atoms with Crippen molar-refractivity contribution in [3.05, 3.63) is 60.2 Å². The van der Waals surface area contributed by atoms with Crippen LogP contribution in [0.4, 0.5) is 5.69 Å². The zero-order valence-corrected chi connectivity index (χ0v) is 15.3. The van der Waals surface area contributed by atoms with E-state index in [0.29, 0.717) is 30.0 Å². The minimum atomic E-state index is -0.631. The Morgan fingerprint density at radius 3 is 2.38 bits per heavy atom. The fourth-order valence-electron chi connectivity index (χ4n) is 2.46. The Morgan fingerprint density at radius 1 is 1.00 bits per heavy atom. The molecule has 5 nitrogen and oxygen atoms in total. The lowest BCUT2D eigenvalue weighted by molar-refractivity contribution is -0.122. The molecule has 0 bridgehead atoms. The van der Waals surface area contributed by atoms with E-state index < -0.39 is 6.10 Å². The predicted octanol–water partition coefficient (Wildman–Crippen LogP) is 4.01. The molecule has 0 aliphatic rings. The standard InChI is InChI=1S/C21H26N2O3/c1-3-5-15-22-20(24)17-13-9-10-14-18(17)23-21(25)19(4-2)26-16-11-7-6-8-12-16/h6-14,19H,3-5,15H2,1-2H3,(H,22,24)(H,23,25)/t19-/m1/s1. The van der Waals surface area contributed by atoms with Gasteiger partial charge in [0.05, 0.1) is 11.3 Å². The van der Waals surface area contributed by atoms with Crippen molar-refractivity contribution in [2.24, 2.45) is 0 Å². The Labute approximate surface area is 154 Å². The number of rotatable bonds is 9. The molecule has 0 saturated carbocycles. The van der Waals surface area contributed by atoms with E-state index in [1.54, 1.807) is 24.3 Å². The number of benzene rings is 2. The summed E-state index contributed by atoms with van der Waals surface area (Å²) in [6, 6.07) is 16.2. The normalized spacial score (nSPS) is 11.5. The summed E-state index contributed by atoms with van der Waals surface area (Å²) in [5, 5.41) is 5.70. The monoisotopic (exact) mass is 354 g/mol. The van der Waals surface area contributed by atoms with Crippen molar-refractivity contribution in [2.45, 2.75) is 39.2 Å². The summed E-state index contributed by atoms with van der Waals surface area (Å²) in [5.74, 6) is 0.177. The van der Waals surface area contributed by atoms with Gasteiger partial charge in [0, 0.05) is 6.54 Å². The van der Waals surface area contributed by atoms with E-state index in [-0.39, 0.29) is 11.8 Å². The third-order valence-electron chi connectivity index (χ3n) is 3.93. The highest BCUT2D eigenvalue weighted by Gasteiger charge is 2.20. The fourth-order valence-corrected chi connectivity index (χ4v) is 2.46. The van der Waals surface area contributed by atoms with E-state index in [1.165, 1.54) is 0 Å². The van der Waals surface area contributed by atoms with E-state index in [9.17, 15) is 9.59 Å². The van der Waals surface area contributed by atoms with Gasteiger partial charge in [-0.05, 0) is 37.1 Å². The molecule has 2 aromatic carbocycles. The van der Waals surface area contributed by atoms with E-state index in [4.69, 9.17) is 4.74 Å². The lowest BCUT2D eigenvalue weighted by atomic mass is 10.1. The molecule has 0 heterocycles. The van der Waals surface area contributed by atoms with Crippen molar-refractivity contribution >= 4 is 17.5 Å². The van der Waals surface area contributed by atoms with Crippen LogP contribution in [0.5, 0.6) is 5.75 Å². The maximum Gasteiger partial charge on any atom is 0.265 e. The third kappa shape index (κ3) is 5.62. The van der Waals surface area contributed by atoms with Crippen molar-refractivity contribution < 1.29 is 14.3 Å². The Hall–Kier alpha value is -2.82. The summed E-state index contributed by atoms with van der Waals surface area (Å²) in [5.41, 5.74) is 0.938. The van der Waals surface area contributed by atoms with Crippen LogP contribution in [0, 0.1) is 0 Å². The number of nitrogens with one attached hydrogen (secondary N) is 2. The molecule has 5 heteroatoms. The van der Waals surface area contributed by atoms with Gasteiger partial charge in [-0.2, -0.15) is 0 Å². The van der Waals surface area contributed by atoms with Crippen molar-refractivity contribution in [1.29, 1.82) is 0 Å². The van der Waals surface area contributed by atoms with Crippen LogP contribution >= 0.6 is 0 Å². The highest BCUT2D eigenvalue weighted by Crippen LogP contribution is 2.18. The second-order valence-corrected chi connectivity index (χ2v) is 5.97. The smallest absolute Gasteiger partial charge is 0.265 e. The Bertz CT molecular complexity index is 716. The maximum absolute atomic E-state index is 12.6. The summed E-state index contributed by atoms with van der Waals surface area (Å²) in [6.45, 7) is 4.57. The molecule has 1 atom stereocenters. The largest absolute Gasteiger partial charge is 0.481 e. The van der Waals surface area contributed by atoms with Gasteiger partial charge in [0.1, 0.15) is 5.75 Å². The van der Waals surface area contributed by atoms with Gasteiger partial charge >= 0.3 is 0 Å². The SMILES string of the molecule is CCCCNC(=O)c1ccccc1NC(=O)[C@@H](CC)Oc1ccccc1. The van der Waals surface area contributed by atoms with Crippen LogP contribution in [0.1, 0.15) is 43.5 Å². The van der Waals surface area contributed by atoms with Gasteiger partial charge in [-0.25, -0.2) is 0 Å². The number of para-hydroxylation sites is 2. The van der Waals surface area contributed by atoms with E-state index in [0.717, 1.165) is 12.8 Å². The summed E-state index contributed by atoms with van der Waals surface area (Å²) in [6.07, 6.45) is 1.82. The molecule has 138 valence electrons. The number of hydrogen-bond donors (Lipinski definition) is 2. The van der Waals surface area contributed by atoms with E-state index >= 15 is 0 Å². The molecule has 0 radical (unpaired) electrons. The number of unbranched alkanes of at least 4 members (excludes halogenated alkanes) is 1. The third-order valence-corrected chi connectivity index (χ3v) is 3.93.